The Morgan fingerprint density at radius 3 is 2.74 bits per heavy atom. The molecule has 3 aliphatic rings. The average Bonchev–Trinajstić information content (AvgIpc) is 3.11. The molecule has 2 N–H and O–H groups in total. The number of aliphatic hydroxyl groups excluding tert-OH is 2. The highest BCUT2D eigenvalue weighted by Gasteiger charge is 2.45. The van der Waals surface area contributed by atoms with E-state index in [2.05, 4.69) is 76.7 Å². The van der Waals surface area contributed by atoms with Crippen LogP contribution in [0.5, 0.6) is 0 Å². The molecule has 0 radical (unpaired) electrons. The SMILES string of the molecule is C=C1/C(=C\C=C2/CCC[C@]3(C)C([C@H](C)C/C=C/C(=NOC)C(C)(C)C)=CC[C@@H]23)C[C@@H](O)C[C@@H]1O. The van der Waals surface area contributed by atoms with Crippen LogP contribution >= 0.6 is 0 Å². The lowest BCUT2D eigenvalue weighted by Crippen LogP contribution is -2.32. The topological polar surface area (TPSA) is 62.0 Å². The molecule has 188 valence electrons. The Bertz CT molecular complexity index is 914. The van der Waals surface area contributed by atoms with Crippen LogP contribution in [0.3, 0.4) is 0 Å². The maximum Gasteiger partial charge on any atom is 0.106 e. The zero-order chi connectivity index (χ0) is 25.1. The van der Waals surface area contributed by atoms with E-state index in [0.29, 0.717) is 24.7 Å². The van der Waals surface area contributed by atoms with Gasteiger partial charge in [-0.1, -0.05) is 81.8 Å². The standard InChI is InChI=1S/C30H45NO3/c1-20(10-8-12-28(31-34-7)29(3,4)5)25-15-16-26-22(11-9-17-30(25,26)6)13-14-23-18-24(32)19-27(33)21(23)2/h8,12-15,20,24,26-27,32-33H,2,9-11,16-19H2,1,3-7H3/b12-8+,22-13+,23-14-,31-28?/t20-,24-,26+,27+,30-/m1/s1. The fourth-order valence-electron chi connectivity index (χ4n) is 6.11. The summed E-state index contributed by atoms with van der Waals surface area (Å²) >= 11 is 0. The molecule has 0 unspecified atom stereocenters. The number of nitrogens with zero attached hydrogens (tertiary/aromatic N) is 1. The molecule has 0 spiro atoms. The van der Waals surface area contributed by atoms with Gasteiger partial charge in [0.25, 0.3) is 0 Å². The summed E-state index contributed by atoms with van der Waals surface area (Å²) in [6.07, 6.45) is 16.7. The van der Waals surface area contributed by atoms with Crippen LogP contribution in [0.25, 0.3) is 0 Å². The van der Waals surface area contributed by atoms with Gasteiger partial charge < -0.3 is 15.1 Å². The van der Waals surface area contributed by atoms with Gasteiger partial charge in [-0.3, -0.25) is 0 Å². The van der Waals surface area contributed by atoms with Crippen molar-refractivity contribution in [2.75, 3.05) is 7.11 Å². The van der Waals surface area contributed by atoms with Gasteiger partial charge in [0.05, 0.1) is 17.9 Å². The first kappa shape index (κ1) is 26.7. The van der Waals surface area contributed by atoms with Crippen LogP contribution in [0.2, 0.25) is 0 Å². The predicted octanol–water partition coefficient (Wildman–Crippen LogP) is 6.68. The third-order valence-corrected chi connectivity index (χ3v) is 8.13. The van der Waals surface area contributed by atoms with E-state index in [0.717, 1.165) is 36.1 Å². The minimum absolute atomic E-state index is 0.0489. The van der Waals surface area contributed by atoms with E-state index >= 15 is 0 Å². The number of oxime groups is 1. The van der Waals surface area contributed by atoms with Gasteiger partial charge >= 0.3 is 0 Å². The molecule has 4 heteroatoms. The molecule has 0 aromatic rings. The largest absolute Gasteiger partial charge is 0.399 e. The van der Waals surface area contributed by atoms with Gasteiger partial charge in [0.2, 0.25) is 0 Å². The van der Waals surface area contributed by atoms with E-state index < -0.39 is 12.2 Å². The Kier molecular flexibility index (Phi) is 8.47. The highest BCUT2D eigenvalue weighted by atomic mass is 16.6. The third-order valence-electron chi connectivity index (χ3n) is 8.13. The first-order valence-electron chi connectivity index (χ1n) is 12.9. The van der Waals surface area contributed by atoms with Crippen molar-refractivity contribution >= 4 is 5.71 Å². The van der Waals surface area contributed by atoms with E-state index in [4.69, 9.17) is 4.84 Å². The van der Waals surface area contributed by atoms with Gasteiger partial charge in [-0.15, -0.1) is 0 Å². The summed E-state index contributed by atoms with van der Waals surface area (Å²) in [7, 11) is 1.60. The average molecular weight is 468 g/mol. The van der Waals surface area contributed by atoms with Gasteiger partial charge in [0.1, 0.15) is 7.11 Å². The second kappa shape index (κ2) is 10.8. The minimum atomic E-state index is -0.633. The molecule has 4 nitrogen and oxygen atoms in total. The molecule has 2 fully saturated rings. The molecule has 2 saturated carbocycles. The molecule has 3 rings (SSSR count). The fourth-order valence-corrected chi connectivity index (χ4v) is 6.11. The third kappa shape index (κ3) is 5.83. The van der Waals surface area contributed by atoms with Crippen molar-refractivity contribution in [2.24, 2.45) is 27.8 Å². The van der Waals surface area contributed by atoms with Crippen molar-refractivity contribution in [3.05, 3.63) is 59.3 Å². The maximum absolute atomic E-state index is 10.2. The van der Waals surface area contributed by atoms with Crippen molar-refractivity contribution in [3.8, 4) is 0 Å². The minimum Gasteiger partial charge on any atom is -0.399 e. The second-order valence-corrected chi connectivity index (χ2v) is 11.7. The predicted molar refractivity (Wildman–Crippen MR) is 142 cm³/mol. The summed E-state index contributed by atoms with van der Waals surface area (Å²) in [6, 6.07) is 0. The van der Waals surface area contributed by atoms with Crippen LogP contribution in [-0.4, -0.2) is 35.2 Å². The van der Waals surface area contributed by atoms with Crippen LogP contribution in [0, 0.1) is 22.7 Å². The van der Waals surface area contributed by atoms with E-state index in [-0.39, 0.29) is 10.8 Å². The molecule has 0 bridgehead atoms. The lowest BCUT2D eigenvalue weighted by atomic mass is 9.62. The summed E-state index contributed by atoms with van der Waals surface area (Å²) in [5.41, 5.74) is 5.95. The first-order chi connectivity index (χ1) is 16.0. The highest BCUT2D eigenvalue weighted by Crippen LogP contribution is 2.57. The molecule has 34 heavy (non-hydrogen) atoms. The molecule has 0 aromatic carbocycles. The molecule has 0 aromatic heterocycles. The molecular weight excluding hydrogens is 422 g/mol. The van der Waals surface area contributed by atoms with E-state index in [1.54, 1.807) is 12.7 Å². The number of hydrogen-bond acceptors (Lipinski definition) is 4. The Labute approximate surface area is 206 Å². The smallest absolute Gasteiger partial charge is 0.106 e. The van der Waals surface area contributed by atoms with Crippen LogP contribution in [0.4, 0.5) is 0 Å². The monoisotopic (exact) mass is 467 g/mol. The second-order valence-electron chi connectivity index (χ2n) is 11.7. The molecule has 0 amide bonds. The Morgan fingerprint density at radius 2 is 2.06 bits per heavy atom. The molecule has 0 heterocycles. The Balaban J connectivity index is 1.73. The van der Waals surface area contributed by atoms with Gasteiger partial charge in [0.15, 0.2) is 0 Å². The van der Waals surface area contributed by atoms with Crippen LogP contribution in [0.1, 0.15) is 79.6 Å². The number of aliphatic hydroxyl groups is 2. The summed E-state index contributed by atoms with van der Waals surface area (Å²) in [6.45, 7) is 15.3. The van der Waals surface area contributed by atoms with Gasteiger partial charge in [-0.2, -0.15) is 0 Å². The van der Waals surface area contributed by atoms with Gasteiger partial charge in [0, 0.05) is 11.8 Å². The maximum atomic E-state index is 10.2. The number of hydrogen-bond donors (Lipinski definition) is 2. The summed E-state index contributed by atoms with van der Waals surface area (Å²) in [5, 5.41) is 24.5. The van der Waals surface area contributed by atoms with Crippen LogP contribution in [-0.2, 0) is 4.84 Å². The number of allylic oxidation sites excluding steroid dienone is 7. The lowest BCUT2D eigenvalue weighted by Gasteiger charge is -2.42. The molecule has 5 atom stereocenters. The summed E-state index contributed by atoms with van der Waals surface area (Å²) in [4.78, 5) is 5.05. The molecule has 3 aliphatic carbocycles. The zero-order valence-electron chi connectivity index (χ0n) is 22.1. The Morgan fingerprint density at radius 1 is 1.32 bits per heavy atom. The van der Waals surface area contributed by atoms with Crippen LogP contribution < -0.4 is 0 Å². The van der Waals surface area contributed by atoms with Crippen molar-refractivity contribution in [1.82, 2.24) is 0 Å². The number of fused-ring (bicyclic) bond motifs is 1. The van der Waals surface area contributed by atoms with Crippen LogP contribution in [0.15, 0.2) is 64.4 Å². The quantitative estimate of drug-likeness (QED) is 0.260. The highest BCUT2D eigenvalue weighted by molar-refractivity contribution is 5.98. The Hall–Kier alpha value is -1.91. The van der Waals surface area contributed by atoms with Gasteiger partial charge in [-0.25, -0.2) is 0 Å². The summed E-state index contributed by atoms with van der Waals surface area (Å²) < 4.78 is 0. The number of rotatable bonds is 6. The zero-order valence-corrected chi connectivity index (χ0v) is 22.1. The van der Waals surface area contributed by atoms with Crippen molar-refractivity contribution in [3.63, 3.8) is 0 Å². The molecular formula is C30H45NO3. The van der Waals surface area contributed by atoms with E-state index in [9.17, 15) is 10.2 Å². The van der Waals surface area contributed by atoms with Crippen molar-refractivity contribution in [1.29, 1.82) is 0 Å². The van der Waals surface area contributed by atoms with E-state index in [1.807, 2.05) is 0 Å². The van der Waals surface area contributed by atoms with Crippen molar-refractivity contribution < 1.29 is 15.1 Å². The lowest BCUT2D eigenvalue weighted by molar-refractivity contribution is 0.0862. The molecule has 0 aliphatic heterocycles. The first-order valence-corrected chi connectivity index (χ1v) is 12.9. The van der Waals surface area contributed by atoms with Crippen molar-refractivity contribution in [2.45, 2.75) is 91.8 Å². The molecule has 0 saturated heterocycles. The van der Waals surface area contributed by atoms with Gasteiger partial charge in [-0.05, 0) is 73.0 Å². The normalized spacial score (nSPS) is 34.0. The fraction of sp³-hybridized carbons (Fsp3) is 0.633. The van der Waals surface area contributed by atoms with E-state index in [1.165, 1.54) is 18.4 Å². The summed E-state index contributed by atoms with van der Waals surface area (Å²) in [5.74, 6) is 1.02.